The van der Waals surface area contributed by atoms with Gasteiger partial charge in [0, 0.05) is 0 Å². The van der Waals surface area contributed by atoms with Crippen LogP contribution in [0.15, 0.2) is 30.8 Å². The van der Waals surface area contributed by atoms with Gasteiger partial charge in [-0.05, 0) is 62.4 Å². The predicted molar refractivity (Wildman–Crippen MR) is 91.1 cm³/mol. The number of rotatable bonds is 11. The average Bonchev–Trinajstić information content (AvgIpc) is 2.47. The van der Waals surface area contributed by atoms with Gasteiger partial charge in [-0.1, -0.05) is 57.0 Å². The zero-order valence-electron chi connectivity index (χ0n) is 13.4. The number of allylic oxidation sites excluding steroid dienone is 1. The molecular weight excluding hydrogens is 242 g/mol. The molecular formula is C19H31N. The van der Waals surface area contributed by atoms with E-state index in [1.165, 1.54) is 61.6 Å². The highest BCUT2D eigenvalue weighted by atomic mass is 14.8. The second-order valence-electron chi connectivity index (χ2n) is 5.63. The van der Waals surface area contributed by atoms with E-state index in [0.29, 0.717) is 0 Å². The zero-order chi connectivity index (χ0) is 14.6. The maximum Gasteiger partial charge on any atom is -0.00519 e. The molecule has 0 unspecified atom stereocenters. The minimum absolute atomic E-state index is 1.13. The molecule has 0 saturated heterocycles. The largest absolute Gasteiger partial charge is 0.320 e. The highest BCUT2D eigenvalue weighted by molar-refractivity contribution is 5.66. The van der Waals surface area contributed by atoms with Crippen molar-refractivity contribution in [1.29, 1.82) is 0 Å². The lowest BCUT2D eigenvalue weighted by Gasteiger charge is -2.12. The van der Waals surface area contributed by atoms with E-state index in [1.54, 1.807) is 0 Å². The van der Waals surface area contributed by atoms with E-state index in [-0.39, 0.29) is 0 Å². The molecule has 0 spiro atoms. The Morgan fingerprint density at radius 3 is 2.60 bits per heavy atom. The molecule has 1 rings (SSSR count). The van der Waals surface area contributed by atoms with Gasteiger partial charge in [-0.2, -0.15) is 0 Å². The molecule has 20 heavy (non-hydrogen) atoms. The third kappa shape index (κ3) is 6.38. The molecule has 0 amide bonds. The van der Waals surface area contributed by atoms with Crippen molar-refractivity contribution in [2.24, 2.45) is 0 Å². The molecule has 0 bridgehead atoms. The molecule has 0 heterocycles. The van der Waals surface area contributed by atoms with Crippen LogP contribution < -0.4 is 5.32 Å². The summed E-state index contributed by atoms with van der Waals surface area (Å²) in [5.74, 6) is 0. The van der Waals surface area contributed by atoms with E-state index >= 15 is 0 Å². The maximum atomic E-state index is 4.31. The van der Waals surface area contributed by atoms with Gasteiger partial charge in [0.1, 0.15) is 0 Å². The van der Waals surface area contributed by atoms with Gasteiger partial charge in [0.05, 0.1) is 0 Å². The summed E-state index contributed by atoms with van der Waals surface area (Å²) in [4.78, 5) is 0. The number of aryl methyl sites for hydroxylation is 1. The summed E-state index contributed by atoms with van der Waals surface area (Å²) >= 11 is 0. The second-order valence-corrected chi connectivity index (χ2v) is 5.63. The Morgan fingerprint density at radius 2 is 1.85 bits per heavy atom. The standard InChI is InChI=1S/C19H31N/c1-4-5-7-12-17(2)19-15-10-9-14-18(19)13-8-6-11-16-20-3/h9-10,14-15,20H,2,4-8,11-13,16H2,1,3H3. The Hall–Kier alpha value is -1.08. The minimum Gasteiger partial charge on any atom is -0.320 e. The van der Waals surface area contributed by atoms with Crippen LogP contribution in [0.1, 0.15) is 63.0 Å². The van der Waals surface area contributed by atoms with Crippen molar-refractivity contribution < 1.29 is 0 Å². The number of hydrogen-bond donors (Lipinski definition) is 1. The number of nitrogens with one attached hydrogen (secondary N) is 1. The Morgan fingerprint density at radius 1 is 1.05 bits per heavy atom. The lowest BCUT2D eigenvalue weighted by atomic mass is 9.94. The third-order valence-electron chi connectivity index (χ3n) is 3.85. The van der Waals surface area contributed by atoms with Gasteiger partial charge in [0.25, 0.3) is 0 Å². The van der Waals surface area contributed by atoms with Crippen LogP contribution in [0.4, 0.5) is 0 Å². The summed E-state index contributed by atoms with van der Waals surface area (Å²) < 4.78 is 0. The normalized spacial score (nSPS) is 10.7. The first-order valence-corrected chi connectivity index (χ1v) is 8.20. The van der Waals surface area contributed by atoms with E-state index in [1.807, 2.05) is 7.05 Å². The van der Waals surface area contributed by atoms with E-state index in [0.717, 1.165) is 13.0 Å². The summed E-state index contributed by atoms with van der Waals surface area (Å²) in [6, 6.07) is 8.83. The molecule has 0 aliphatic heterocycles. The van der Waals surface area contributed by atoms with Crippen molar-refractivity contribution in [3.63, 3.8) is 0 Å². The quantitative estimate of drug-likeness (QED) is 0.546. The molecule has 0 atom stereocenters. The van der Waals surface area contributed by atoms with Crippen molar-refractivity contribution in [2.45, 2.75) is 58.3 Å². The van der Waals surface area contributed by atoms with Crippen LogP contribution in [0.25, 0.3) is 5.57 Å². The fourth-order valence-corrected chi connectivity index (χ4v) is 2.60. The van der Waals surface area contributed by atoms with Crippen LogP contribution in [0.5, 0.6) is 0 Å². The van der Waals surface area contributed by atoms with Crippen LogP contribution in [0.3, 0.4) is 0 Å². The van der Waals surface area contributed by atoms with Crippen LogP contribution >= 0.6 is 0 Å². The zero-order valence-corrected chi connectivity index (χ0v) is 13.4. The smallest absolute Gasteiger partial charge is 0.00519 e. The summed E-state index contributed by atoms with van der Waals surface area (Å²) in [5, 5.41) is 3.21. The monoisotopic (exact) mass is 273 g/mol. The fourth-order valence-electron chi connectivity index (χ4n) is 2.60. The molecule has 0 aliphatic rings. The topological polar surface area (TPSA) is 12.0 Å². The van der Waals surface area contributed by atoms with E-state index in [4.69, 9.17) is 0 Å². The first-order chi connectivity index (χ1) is 9.79. The van der Waals surface area contributed by atoms with E-state index in [2.05, 4.69) is 43.1 Å². The number of benzene rings is 1. The van der Waals surface area contributed by atoms with Crippen LogP contribution in [-0.2, 0) is 6.42 Å². The van der Waals surface area contributed by atoms with E-state index in [9.17, 15) is 0 Å². The van der Waals surface area contributed by atoms with Gasteiger partial charge in [0.15, 0.2) is 0 Å². The molecule has 0 aliphatic carbocycles. The van der Waals surface area contributed by atoms with Gasteiger partial charge < -0.3 is 5.32 Å². The Kier molecular flexibility index (Phi) is 9.06. The second kappa shape index (κ2) is 10.7. The maximum absolute atomic E-state index is 4.31. The SMILES string of the molecule is C=C(CCCCC)c1ccccc1CCCCCNC. The lowest BCUT2D eigenvalue weighted by Crippen LogP contribution is -2.07. The highest BCUT2D eigenvalue weighted by Gasteiger charge is 2.05. The van der Waals surface area contributed by atoms with Crippen molar-refractivity contribution in [2.75, 3.05) is 13.6 Å². The molecule has 0 fully saturated rings. The van der Waals surface area contributed by atoms with Crippen molar-refractivity contribution in [3.05, 3.63) is 42.0 Å². The van der Waals surface area contributed by atoms with Gasteiger partial charge in [-0.25, -0.2) is 0 Å². The predicted octanol–water partition coefficient (Wildman–Crippen LogP) is 5.21. The summed E-state index contributed by atoms with van der Waals surface area (Å²) in [7, 11) is 2.02. The van der Waals surface area contributed by atoms with Crippen molar-refractivity contribution >= 4 is 5.57 Å². The van der Waals surface area contributed by atoms with Gasteiger partial charge in [0.2, 0.25) is 0 Å². The Bertz CT molecular complexity index is 381. The summed E-state index contributed by atoms with van der Waals surface area (Å²) in [6.07, 6.45) is 10.0. The third-order valence-corrected chi connectivity index (χ3v) is 3.85. The van der Waals surface area contributed by atoms with Crippen LogP contribution in [0.2, 0.25) is 0 Å². The summed E-state index contributed by atoms with van der Waals surface area (Å²) in [5.41, 5.74) is 4.21. The highest BCUT2D eigenvalue weighted by Crippen LogP contribution is 2.24. The molecule has 1 heteroatoms. The van der Waals surface area contributed by atoms with Gasteiger partial charge in [-0.3, -0.25) is 0 Å². The molecule has 1 aromatic carbocycles. The Labute approximate surface area is 125 Å². The number of unbranched alkanes of at least 4 members (excludes halogenated alkanes) is 4. The van der Waals surface area contributed by atoms with Gasteiger partial charge in [-0.15, -0.1) is 0 Å². The molecule has 0 aromatic heterocycles. The van der Waals surface area contributed by atoms with Crippen LogP contribution in [-0.4, -0.2) is 13.6 Å². The molecule has 0 saturated carbocycles. The number of hydrogen-bond acceptors (Lipinski definition) is 1. The van der Waals surface area contributed by atoms with Crippen molar-refractivity contribution in [1.82, 2.24) is 5.32 Å². The molecule has 1 N–H and O–H groups in total. The lowest BCUT2D eigenvalue weighted by molar-refractivity contribution is 0.642. The Balaban J connectivity index is 2.47. The van der Waals surface area contributed by atoms with Crippen molar-refractivity contribution in [3.8, 4) is 0 Å². The molecule has 1 nitrogen and oxygen atoms in total. The van der Waals surface area contributed by atoms with Gasteiger partial charge >= 0.3 is 0 Å². The summed E-state index contributed by atoms with van der Waals surface area (Å²) in [6.45, 7) is 7.69. The first-order valence-electron chi connectivity index (χ1n) is 8.20. The molecule has 1 aromatic rings. The molecule has 0 radical (unpaired) electrons. The minimum atomic E-state index is 1.13. The van der Waals surface area contributed by atoms with Crippen LogP contribution in [0, 0.1) is 0 Å². The molecule has 112 valence electrons. The first kappa shape index (κ1) is 17.0. The average molecular weight is 273 g/mol. The fraction of sp³-hybridized carbons (Fsp3) is 0.579. The van der Waals surface area contributed by atoms with E-state index < -0.39 is 0 Å².